The van der Waals surface area contributed by atoms with Crippen LogP contribution in [-0.2, 0) is 14.8 Å². The molecule has 5 rings (SSSR count). The van der Waals surface area contributed by atoms with Gasteiger partial charge in [0.1, 0.15) is 23.9 Å². The van der Waals surface area contributed by atoms with E-state index in [0.29, 0.717) is 25.0 Å². The minimum atomic E-state index is -3.52. The number of benzene rings is 2. The Balaban J connectivity index is 1.22. The molecule has 2 N–H and O–H groups in total. The van der Waals surface area contributed by atoms with Crippen LogP contribution in [0.2, 0.25) is 5.02 Å². The Morgan fingerprint density at radius 3 is 2.56 bits per heavy atom. The molecule has 3 saturated carbocycles. The van der Waals surface area contributed by atoms with Crippen LogP contribution in [0, 0.1) is 11.7 Å². The quantitative estimate of drug-likeness (QED) is 0.543. The minimum Gasteiger partial charge on any atom is -0.492 e. The molecule has 1 atom stereocenters. The number of fused-ring (bicyclic) bond motifs is 1. The molecule has 3 fully saturated rings. The lowest BCUT2D eigenvalue weighted by molar-refractivity contribution is -0.124. The van der Waals surface area contributed by atoms with Gasteiger partial charge in [0.2, 0.25) is 10.0 Å². The molecule has 1 amide bonds. The first kappa shape index (κ1) is 22.8. The van der Waals surface area contributed by atoms with Crippen LogP contribution in [-0.4, -0.2) is 44.9 Å². The Morgan fingerprint density at radius 1 is 1.09 bits per heavy atom. The van der Waals surface area contributed by atoms with Crippen LogP contribution in [0.25, 0.3) is 0 Å². The number of amides is 1. The van der Waals surface area contributed by atoms with Gasteiger partial charge >= 0.3 is 0 Å². The van der Waals surface area contributed by atoms with E-state index < -0.39 is 21.4 Å². The van der Waals surface area contributed by atoms with Crippen molar-refractivity contribution in [2.24, 2.45) is 5.92 Å². The SMILES string of the molecule is O=C(COc1ccc(Cl)c(F)c1)N[C@@H]1CC2(NS(=O)(=O)CCOc3ccccc3)CC1C2. The van der Waals surface area contributed by atoms with E-state index >= 15 is 0 Å². The Bertz CT molecular complexity index is 1080. The largest absolute Gasteiger partial charge is 0.492 e. The molecule has 2 aromatic carbocycles. The second-order valence-corrected chi connectivity index (χ2v) is 10.5. The Morgan fingerprint density at radius 2 is 1.84 bits per heavy atom. The van der Waals surface area contributed by atoms with E-state index in [1.54, 1.807) is 12.1 Å². The number of halogens is 2. The summed E-state index contributed by atoms with van der Waals surface area (Å²) in [5, 5.41) is 2.88. The second-order valence-electron chi connectivity index (χ2n) is 8.27. The van der Waals surface area contributed by atoms with E-state index in [9.17, 15) is 17.6 Å². The first-order valence-electron chi connectivity index (χ1n) is 10.3. The maximum absolute atomic E-state index is 13.5. The molecule has 32 heavy (non-hydrogen) atoms. The molecule has 0 saturated heterocycles. The van der Waals surface area contributed by atoms with Crippen molar-refractivity contribution in [1.29, 1.82) is 0 Å². The summed E-state index contributed by atoms with van der Waals surface area (Å²) in [7, 11) is -3.52. The average Bonchev–Trinajstić information content (AvgIpc) is 3.22. The molecule has 7 nitrogen and oxygen atoms in total. The standard InChI is InChI=1S/C22H24ClFN2O5S/c23-18-7-6-17(10-19(18)24)31-14-21(27)25-20-13-22(11-15(20)12-22)26-32(28,29)9-8-30-16-4-2-1-3-5-16/h1-7,10,15,20,26H,8-9,11-14H2,(H,25,27)/t15?,20-,22?/m1/s1. The highest BCUT2D eigenvalue weighted by Gasteiger charge is 2.57. The average molecular weight is 483 g/mol. The third kappa shape index (κ3) is 5.51. The van der Waals surface area contributed by atoms with Crippen LogP contribution in [0.5, 0.6) is 11.5 Å². The maximum atomic E-state index is 13.5. The van der Waals surface area contributed by atoms with Crippen LogP contribution in [0.1, 0.15) is 19.3 Å². The molecular weight excluding hydrogens is 459 g/mol. The number of carbonyl (C=O) groups excluding carboxylic acids is 1. The number of ether oxygens (including phenoxy) is 2. The lowest BCUT2D eigenvalue weighted by atomic mass is 9.78. The van der Waals surface area contributed by atoms with Crippen LogP contribution in [0.15, 0.2) is 48.5 Å². The van der Waals surface area contributed by atoms with Crippen molar-refractivity contribution in [3.05, 3.63) is 59.4 Å². The fourth-order valence-electron chi connectivity index (χ4n) is 4.41. The van der Waals surface area contributed by atoms with Gasteiger partial charge in [0.05, 0.1) is 10.8 Å². The monoisotopic (exact) mass is 482 g/mol. The van der Waals surface area contributed by atoms with E-state index in [-0.39, 0.29) is 47.6 Å². The number of nitrogens with one attached hydrogen (secondary N) is 2. The molecule has 0 aromatic heterocycles. The smallest absolute Gasteiger partial charge is 0.258 e. The zero-order valence-corrected chi connectivity index (χ0v) is 18.8. The molecule has 0 unspecified atom stereocenters. The number of carbonyl (C=O) groups is 1. The van der Waals surface area contributed by atoms with Crippen molar-refractivity contribution in [1.82, 2.24) is 10.0 Å². The number of para-hydroxylation sites is 1. The van der Waals surface area contributed by atoms with Crippen molar-refractivity contribution in [3.8, 4) is 11.5 Å². The molecule has 0 aliphatic heterocycles. The van der Waals surface area contributed by atoms with Crippen LogP contribution in [0.3, 0.4) is 0 Å². The molecule has 0 spiro atoms. The molecular formula is C22H24ClFN2O5S. The zero-order valence-electron chi connectivity index (χ0n) is 17.2. The van der Waals surface area contributed by atoms with E-state index in [4.69, 9.17) is 21.1 Å². The van der Waals surface area contributed by atoms with E-state index in [2.05, 4.69) is 10.0 Å². The molecule has 3 aliphatic rings. The normalized spacial score (nSPS) is 23.9. The van der Waals surface area contributed by atoms with Gasteiger partial charge in [-0.2, -0.15) is 0 Å². The maximum Gasteiger partial charge on any atom is 0.258 e. The van der Waals surface area contributed by atoms with Crippen molar-refractivity contribution < 1.29 is 27.1 Å². The molecule has 0 radical (unpaired) electrons. The summed E-state index contributed by atoms with van der Waals surface area (Å²) < 4.78 is 52.1. The highest BCUT2D eigenvalue weighted by Crippen LogP contribution is 2.52. The predicted octanol–water partition coefficient (Wildman–Crippen LogP) is 2.89. The van der Waals surface area contributed by atoms with Gasteiger partial charge in [-0.25, -0.2) is 17.5 Å². The topological polar surface area (TPSA) is 93.7 Å². The minimum absolute atomic E-state index is 0.0214. The molecule has 0 heterocycles. The lowest BCUT2D eigenvalue weighted by Gasteiger charge is -2.38. The summed E-state index contributed by atoms with van der Waals surface area (Å²) in [4.78, 5) is 12.2. The van der Waals surface area contributed by atoms with Gasteiger partial charge < -0.3 is 14.8 Å². The highest BCUT2D eigenvalue weighted by atomic mass is 35.5. The number of hydrogen-bond acceptors (Lipinski definition) is 5. The molecule has 2 aromatic rings. The lowest BCUT2D eigenvalue weighted by Crippen LogP contribution is -2.52. The van der Waals surface area contributed by atoms with E-state index in [1.807, 2.05) is 18.2 Å². The summed E-state index contributed by atoms with van der Waals surface area (Å²) in [6.07, 6.45) is 1.89. The Labute approximate surface area is 191 Å². The van der Waals surface area contributed by atoms with Gasteiger partial charge in [-0.1, -0.05) is 29.8 Å². The van der Waals surface area contributed by atoms with E-state index in [1.165, 1.54) is 12.1 Å². The number of rotatable bonds is 10. The van der Waals surface area contributed by atoms with Gasteiger partial charge in [0.25, 0.3) is 5.91 Å². The number of hydrogen-bond donors (Lipinski definition) is 2. The Kier molecular flexibility index (Phi) is 6.60. The number of sulfonamides is 1. The molecule has 10 heteroatoms. The zero-order chi connectivity index (χ0) is 22.8. The van der Waals surface area contributed by atoms with Crippen molar-refractivity contribution in [2.75, 3.05) is 19.0 Å². The second kappa shape index (κ2) is 9.25. The molecule has 2 bridgehead atoms. The predicted molar refractivity (Wildman–Crippen MR) is 118 cm³/mol. The first-order chi connectivity index (χ1) is 15.2. The molecule has 172 valence electrons. The fraction of sp³-hybridized carbons (Fsp3) is 0.409. The third-order valence-corrected chi connectivity index (χ3v) is 7.58. The summed E-state index contributed by atoms with van der Waals surface area (Å²) in [5.41, 5.74) is -0.519. The first-order valence-corrected chi connectivity index (χ1v) is 12.3. The van der Waals surface area contributed by atoms with Gasteiger partial charge in [-0.3, -0.25) is 4.79 Å². The van der Waals surface area contributed by atoms with Crippen LogP contribution < -0.4 is 19.5 Å². The molecule has 3 aliphatic carbocycles. The van der Waals surface area contributed by atoms with Gasteiger partial charge in [-0.15, -0.1) is 0 Å². The van der Waals surface area contributed by atoms with Crippen molar-refractivity contribution in [2.45, 2.75) is 30.8 Å². The van der Waals surface area contributed by atoms with Crippen molar-refractivity contribution >= 4 is 27.5 Å². The van der Waals surface area contributed by atoms with Gasteiger partial charge in [0.15, 0.2) is 6.61 Å². The van der Waals surface area contributed by atoms with Crippen molar-refractivity contribution in [3.63, 3.8) is 0 Å². The summed E-state index contributed by atoms with van der Waals surface area (Å²) in [6, 6.07) is 12.9. The van der Waals surface area contributed by atoms with Crippen LogP contribution in [0.4, 0.5) is 4.39 Å². The highest BCUT2D eigenvalue weighted by molar-refractivity contribution is 7.89. The summed E-state index contributed by atoms with van der Waals surface area (Å²) >= 11 is 5.63. The van der Waals surface area contributed by atoms with Crippen LogP contribution >= 0.6 is 11.6 Å². The summed E-state index contributed by atoms with van der Waals surface area (Å²) in [6.45, 7) is -0.207. The third-order valence-electron chi connectivity index (χ3n) is 5.83. The van der Waals surface area contributed by atoms with E-state index in [0.717, 1.165) is 6.07 Å². The Hall–Kier alpha value is -2.36. The van der Waals surface area contributed by atoms with Gasteiger partial charge in [0, 0.05) is 17.6 Å². The summed E-state index contributed by atoms with van der Waals surface area (Å²) in [5.74, 6) is -0.0555. The fourth-order valence-corrected chi connectivity index (χ4v) is 5.84. The van der Waals surface area contributed by atoms with Gasteiger partial charge in [-0.05, 0) is 49.4 Å².